The molecule has 0 aliphatic heterocycles. The molecule has 42 heavy (non-hydrogen) atoms. The molecular formula is C38H32NOPS. The van der Waals surface area contributed by atoms with Gasteiger partial charge in [0.1, 0.15) is 11.2 Å². The number of hydrogen-bond acceptors (Lipinski definition) is 2. The fourth-order valence-electron chi connectivity index (χ4n) is 7.10. The third kappa shape index (κ3) is 3.73. The van der Waals surface area contributed by atoms with Crippen molar-refractivity contribution in [3.8, 4) is 5.69 Å². The highest BCUT2D eigenvalue weighted by molar-refractivity contribution is 8.24. The van der Waals surface area contributed by atoms with Crippen molar-refractivity contribution >= 4 is 67.4 Å². The van der Waals surface area contributed by atoms with Crippen molar-refractivity contribution in [3.05, 3.63) is 132 Å². The molecular weight excluding hydrogens is 549 g/mol. The average Bonchev–Trinajstić information content (AvgIpc) is 3.58. The third-order valence-electron chi connectivity index (χ3n) is 9.13. The van der Waals surface area contributed by atoms with Crippen molar-refractivity contribution in [2.75, 3.05) is 0 Å². The van der Waals surface area contributed by atoms with E-state index in [4.69, 9.17) is 16.2 Å². The van der Waals surface area contributed by atoms with Crippen molar-refractivity contribution in [2.45, 2.75) is 32.6 Å². The van der Waals surface area contributed by atoms with Crippen molar-refractivity contribution in [3.63, 3.8) is 0 Å². The van der Waals surface area contributed by atoms with E-state index in [1.54, 1.807) is 0 Å². The maximum Gasteiger partial charge on any atom is 0.144 e. The van der Waals surface area contributed by atoms with Gasteiger partial charge in [-0.1, -0.05) is 117 Å². The van der Waals surface area contributed by atoms with Gasteiger partial charge in [-0.3, -0.25) is 0 Å². The SMILES string of the molecule is CC1CC=CC=C1P(=S)(c1ccccc1)c1cccc2c1oc1ccc(-n3c4c(c5ccccc53)C=CCC4C)cc12. The summed E-state index contributed by atoms with van der Waals surface area (Å²) >= 11 is 6.83. The summed E-state index contributed by atoms with van der Waals surface area (Å²) in [5, 5.41) is 7.29. The van der Waals surface area contributed by atoms with Gasteiger partial charge in [-0.2, -0.15) is 0 Å². The maximum atomic E-state index is 6.83. The summed E-state index contributed by atoms with van der Waals surface area (Å²) in [6.07, 6.45) is 13.4. The summed E-state index contributed by atoms with van der Waals surface area (Å²) in [7, 11) is 0. The van der Waals surface area contributed by atoms with Crippen LogP contribution in [-0.4, -0.2) is 4.57 Å². The second-order valence-electron chi connectivity index (χ2n) is 11.7. The lowest BCUT2D eigenvalue weighted by atomic mass is 9.93. The first-order chi connectivity index (χ1) is 20.6. The Kier molecular flexibility index (Phi) is 6.03. The standard InChI is InChI=1S/C38H32NOPS/c1-25-12-6-9-20-35(25)41(42,28-14-4-3-5-15-28)36-21-11-18-31-32-24-27(22-23-34(32)40-38(31)36)39-33-19-8-7-16-29(33)30-17-10-13-26(2)37(30)39/h3-11,14-26H,12-13H2,1-2H3. The molecule has 6 aromatic rings. The largest absolute Gasteiger partial charge is 0.455 e. The summed E-state index contributed by atoms with van der Waals surface area (Å²) in [5.41, 5.74) is 6.98. The van der Waals surface area contributed by atoms with Gasteiger partial charge in [0.05, 0.1) is 5.52 Å². The van der Waals surface area contributed by atoms with Crippen molar-refractivity contribution in [1.29, 1.82) is 0 Å². The molecule has 3 atom stereocenters. The Bertz CT molecular complexity index is 2160. The van der Waals surface area contributed by atoms with E-state index in [-0.39, 0.29) is 0 Å². The Morgan fingerprint density at radius 1 is 0.786 bits per heavy atom. The normalized spacial score (nSPS) is 19.7. The van der Waals surface area contributed by atoms with Crippen molar-refractivity contribution in [1.82, 2.24) is 4.57 Å². The summed E-state index contributed by atoms with van der Waals surface area (Å²) in [5.74, 6) is 0.827. The second kappa shape index (κ2) is 9.83. The van der Waals surface area contributed by atoms with E-state index in [1.807, 2.05) is 0 Å². The first kappa shape index (κ1) is 25.8. The monoisotopic (exact) mass is 581 g/mol. The minimum Gasteiger partial charge on any atom is -0.455 e. The molecule has 0 spiro atoms. The highest BCUT2D eigenvalue weighted by Crippen LogP contribution is 2.58. The average molecular weight is 582 g/mol. The topological polar surface area (TPSA) is 18.1 Å². The molecule has 206 valence electrons. The molecule has 8 rings (SSSR count). The van der Waals surface area contributed by atoms with Crippen LogP contribution >= 0.6 is 6.04 Å². The van der Waals surface area contributed by atoms with Crippen LogP contribution in [0.15, 0.2) is 125 Å². The number of benzene rings is 4. The Hall–Kier alpha value is -3.91. The van der Waals surface area contributed by atoms with Crippen LogP contribution in [-0.2, 0) is 11.8 Å². The fourth-order valence-corrected chi connectivity index (χ4v) is 11.8. The minimum atomic E-state index is -2.34. The molecule has 2 aromatic heterocycles. The van der Waals surface area contributed by atoms with E-state index in [1.165, 1.54) is 38.5 Å². The first-order valence-corrected chi connectivity index (χ1v) is 17.6. The lowest BCUT2D eigenvalue weighted by Gasteiger charge is -2.31. The van der Waals surface area contributed by atoms with E-state index in [0.717, 1.165) is 40.1 Å². The van der Waals surface area contributed by atoms with Crippen LogP contribution < -0.4 is 10.6 Å². The van der Waals surface area contributed by atoms with E-state index < -0.39 is 6.04 Å². The number of nitrogens with zero attached hydrogens (tertiary/aromatic N) is 1. The number of rotatable bonds is 4. The quantitative estimate of drug-likeness (QED) is 0.193. The summed E-state index contributed by atoms with van der Waals surface area (Å²) in [6, 6.07) is 30.4. The van der Waals surface area contributed by atoms with Crippen LogP contribution in [0.4, 0.5) is 0 Å². The summed E-state index contributed by atoms with van der Waals surface area (Å²) < 4.78 is 9.23. The fraction of sp³-hybridized carbons (Fsp3) is 0.158. The lowest BCUT2D eigenvalue weighted by molar-refractivity contribution is 0.671. The number of allylic oxidation sites excluding steroid dienone is 5. The van der Waals surface area contributed by atoms with E-state index in [9.17, 15) is 0 Å². The smallest absolute Gasteiger partial charge is 0.144 e. The van der Waals surface area contributed by atoms with Crippen molar-refractivity contribution in [2.24, 2.45) is 5.92 Å². The van der Waals surface area contributed by atoms with Crippen LogP contribution in [0.2, 0.25) is 0 Å². The molecule has 2 nitrogen and oxygen atoms in total. The molecule has 0 N–H and O–H groups in total. The summed E-state index contributed by atoms with van der Waals surface area (Å²) in [6.45, 7) is 4.64. The van der Waals surface area contributed by atoms with Crippen LogP contribution in [0.1, 0.15) is 43.9 Å². The molecule has 2 aliphatic rings. The van der Waals surface area contributed by atoms with Gasteiger partial charge in [-0.15, -0.1) is 0 Å². The zero-order valence-corrected chi connectivity index (χ0v) is 25.5. The molecule has 0 amide bonds. The predicted molar refractivity (Wildman–Crippen MR) is 184 cm³/mol. The molecule has 4 heteroatoms. The lowest BCUT2D eigenvalue weighted by Crippen LogP contribution is -2.21. The van der Waals surface area contributed by atoms with Gasteiger partial charge < -0.3 is 8.98 Å². The van der Waals surface area contributed by atoms with Crippen LogP contribution in [0.5, 0.6) is 0 Å². The third-order valence-corrected chi connectivity index (χ3v) is 14.4. The number of fused-ring (bicyclic) bond motifs is 6. The Morgan fingerprint density at radius 2 is 1.57 bits per heavy atom. The molecule has 4 aromatic carbocycles. The first-order valence-electron chi connectivity index (χ1n) is 14.8. The number of furan rings is 1. The van der Waals surface area contributed by atoms with Gasteiger partial charge in [-0.05, 0) is 59.7 Å². The van der Waals surface area contributed by atoms with Crippen molar-refractivity contribution < 1.29 is 4.42 Å². The molecule has 2 aliphatic carbocycles. The van der Waals surface area contributed by atoms with Gasteiger partial charge in [0.25, 0.3) is 0 Å². The van der Waals surface area contributed by atoms with E-state index in [2.05, 4.69) is 140 Å². The second-order valence-corrected chi connectivity index (χ2v) is 16.1. The highest BCUT2D eigenvalue weighted by Gasteiger charge is 2.33. The molecule has 0 bridgehead atoms. The molecule has 3 unspecified atom stereocenters. The predicted octanol–water partition coefficient (Wildman–Crippen LogP) is 9.96. The van der Waals surface area contributed by atoms with E-state index >= 15 is 0 Å². The Morgan fingerprint density at radius 3 is 2.43 bits per heavy atom. The Labute approximate surface area is 251 Å². The summed E-state index contributed by atoms with van der Waals surface area (Å²) in [4.78, 5) is 0. The van der Waals surface area contributed by atoms with E-state index in [0.29, 0.717) is 11.8 Å². The van der Waals surface area contributed by atoms with Gasteiger partial charge in [-0.25, -0.2) is 0 Å². The molecule has 0 radical (unpaired) electrons. The number of para-hydroxylation sites is 2. The molecule has 2 heterocycles. The zero-order chi connectivity index (χ0) is 28.4. The molecule has 0 fully saturated rings. The van der Waals surface area contributed by atoms with Crippen LogP contribution in [0, 0.1) is 5.92 Å². The van der Waals surface area contributed by atoms with Crippen LogP contribution in [0.3, 0.4) is 0 Å². The number of hydrogen-bond donors (Lipinski definition) is 0. The van der Waals surface area contributed by atoms with Crippen LogP contribution in [0.25, 0.3) is 44.6 Å². The Balaban J connectivity index is 1.38. The molecule has 0 saturated carbocycles. The van der Waals surface area contributed by atoms with Gasteiger partial charge >= 0.3 is 0 Å². The van der Waals surface area contributed by atoms with Gasteiger partial charge in [0, 0.05) is 50.4 Å². The maximum absolute atomic E-state index is 6.83. The van der Waals surface area contributed by atoms with Gasteiger partial charge in [0.15, 0.2) is 0 Å². The molecule has 0 saturated heterocycles. The highest BCUT2D eigenvalue weighted by atomic mass is 32.4. The zero-order valence-electron chi connectivity index (χ0n) is 23.8. The van der Waals surface area contributed by atoms with Gasteiger partial charge in [0.2, 0.25) is 0 Å². The minimum absolute atomic E-state index is 0.386. The number of aromatic nitrogens is 1.